The van der Waals surface area contributed by atoms with E-state index >= 15 is 0 Å². The number of ether oxygens (including phenoxy) is 3. The van der Waals surface area contributed by atoms with Crippen LogP contribution in [0.1, 0.15) is 187 Å². The maximum absolute atomic E-state index is 12.7. The zero-order valence-electron chi connectivity index (χ0n) is 34.5. The molecule has 0 amide bonds. The number of unbranched alkanes of at least 4 members (excludes halogenated alkanes) is 20. The minimum absolute atomic E-state index is 0.0491. The number of hydrogen-bond acceptors (Lipinski definition) is 6. The molecule has 0 aromatic rings. The molecule has 0 aliphatic carbocycles. The van der Waals surface area contributed by atoms with Crippen molar-refractivity contribution in [1.82, 2.24) is 0 Å². The van der Waals surface area contributed by atoms with Crippen molar-refractivity contribution >= 4 is 17.9 Å². The van der Waals surface area contributed by atoms with Crippen LogP contribution in [-0.4, -0.2) is 80.6 Å². The summed E-state index contributed by atoms with van der Waals surface area (Å²) in [5.41, 5.74) is 0. The van der Waals surface area contributed by atoms with E-state index in [9.17, 15) is 19.5 Å². The van der Waals surface area contributed by atoms with Gasteiger partial charge >= 0.3 is 17.9 Å². The number of carboxylic acids is 1. The number of rotatable bonds is 38. The van der Waals surface area contributed by atoms with Crippen molar-refractivity contribution in [3.8, 4) is 0 Å². The normalized spacial score (nSPS) is 13.2. The van der Waals surface area contributed by atoms with Crippen molar-refractivity contribution in [3.63, 3.8) is 0 Å². The number of allylic oxidation sites excluding steroid dienone is 4. The zero-order valence-corrected chi connectivity index (χ0v) is 34.5. The molecule has 0 bridgehead atoms. The number of likely N-dealkylation sites (N-methyl/N-ethyl adjacent to an activating group) is 1. The fraction of sp³-hybridized carbons (Fsp3) is 0.841. The average Bonchev–Trinajstić information content (AvgIpc) is 3.09. The van der Waals surface area contributed by atoms with Crippen molar-refractivity contribution in [2.24, 2.45) is 0 Å². The van der Waals surface area contributed by atoms with E-state index in [1.165, 1.54) is 109 Å². The Bertz CT molecular complexity index is 911. The Kier molecular flexibility index (Phi) is 34.3. The number of nitrogens with zero attached hydrogens (tertiary/aromatic N) is 1. The Morgan fingerprint density at radius 2 is 1.02 bits per heavy atom. The quantitative estimate of drug-likeness (QED) is 0.0291. The summed E-state index contributed by atoms with van der Waals surface area (Å²) < 4.78 is 17.2. The molecule has 2 atom stereocenters. The molecule has 0 fully saturated rings. The minimum Gasteiger partial charge on any atom is -0.477 e. The Morgan fingerprint density at radius 3 is 1.52 bits per heavy atom. The summed E-state index contributed by atoms with van der Waals surface area (Å²) in [6, 6.07) is -0.611. The lowest BCUT2D eigenvalue weighted by Gasteiger charge is -2.31. The van der Waals surface area contributed by atoms with Crippen molar-refractivity contribution < 1.29 is 38.2 Å². The Morgan fingerprint density at radius 1 is 0.577 bits per heavy atom. The van der Waals surface area contributed by atoms with Gasteiger partial charge in [0.1, 0.15) is 6.61 Å². The predicted octanol–water partition coefficient (Wildman–Crippen LogP) is 11.3. The Hall–Kier alpha value is -2.19. The molecular formula is C44H82NO7+. The number of esters is 2. The van der Waals surface area contributed by atoms with Crippen molar-refractivity contribution in [2.75, 3.05) is 41.0 Å². The smallest absolute Gasteiger partial charge is 0.362 e. The van der Waals surface area contributed by atoms with Gasteiger partial charge in [-0.2, -0.15) is 0 Å². The van der Waals surface area contributed by atoms with E-state index < -0.39 is 18.1 Å². The first-order chi connectivity index (χ1) is 25.1. The molecule has 8 heteroatoms. The largest absolute Gasteiger partial charge is 0.477 e. The number of hydrogen-bond donors (Lipinski definition) is 1. The Balaban J connectivity index is 4.29. The van der Waals surface area contributed by atoms with Crippen LogP contribution in [0, 0.1) is 0 Å². The van der Waals surface area contributed by atoms with Gasteiger partial charge in [0.2, 0.25) is 0 Å². The zero-order chi connectivity index (χ0) is 38.5. The first-order valence-corrected chi connectivity index (χ1v) is 21.4. The van der Waals surface area contributed by atoms with E-state index in [0.717, 1.165) is 44.9 Å². The van der Waals surface area contributed by atoms with Gasteiger partial charge in [-0.05, 0) is 44.9 Å². The lowest BCUT2D eigenvalue weighted by Crippen LogP contribution is -2.50. The van der Waals surface area contributed by atoms with Gasteiger partial charge in [-0.3, -0.25) is 9.59 Å². The monoisotopic (exact) mass is 737 g/mol. The van der Waals surface area contributed by atoms with E-state index in [2.05, 4.69) is 38.2 Å². The highest BCUT2D eigenvalue weighted by atomic mass is 16.6. The molecule has 0 saturated heterocycles. The van der Waals surface area contributed by atoms with E-state index in [-0.39, 0.29) is 36.2 Å². The summed E-state index contributed by atoms with van der Waals surface area (Å²) in [6.45, 7) is 4.69. The first kappa shape index (κ1) is 49.8. The van der Waals surface area contributed by atoms with Crippen LogP contribution in [0.15, 0.2) is 24.3 Å². The highest BCUT2D eigenvalue weighted by Gasteiger charge is 2.31. The van der Waals surface area contributed by atoms with Gasteiger partial charge in [0.15, 0.2) is 12.1 Å². The molecule has 0 heterocycles. The first-order valence-electron chi connectivity index (χ1n) is 21.4. The second-order valence-electron chi connectivity index (χ2n) is 15.6. The number of carbonyl (C=O) groups is 3. The maximum Gasteiger partial charge on any atom is 0.362 e. The third-order valence-electron chi connectivity index (χ3n) is 9.60. The topological polar surface area (TPSA) is 99.1 Å². The van der Waals surface area contributed by atoms with Gasteiger partial charge < -0.3 is 23.8 Å². The highest BCUT2D eigenvalue weighted by molar-refractivity contribution is 5.72. The molecule has 52 heavy (non-hydrogen) atoms. The molecule has 0 rings (SSSR count). The van der Waals surface area contributed by atoms with Gasteiger partial charge in [-0.25, -0.2) is 4.79 Å². The summed E-state index contributed by atoms with van der Waals surface area (Å²) >= 11 is 0. The number of carbonyl (C=O) groups excluding carboxylic acids is 2. The number of carboxylic acid groups (broad SMARTS) is 1. The maximum atomic E-state index is 12.7. The molecule has 0 aromatic heterocycles. The second-order valence-corrected chi connectivity index (χ2v) is 15.6. The molecule has 0 aliphatic rings. The molecule has 0 aromatic carbocycles. The molecule has 0 spiro atoms. The van der Waals surface area contributed by atoms with Crippen LogP contribution >= 0.6 is 0 Å². The number of aliphatic carboxylic acids is 1. The van der Waals surface area contributed by atoms with E-state index in [1.54, 1.807) is 0 Å². The third-order valence-corrected chi connectivity index (χ3v) is 9.60. The second kappa shape index (κ2) is 35.8. The molecule has 304 valence electrons. The molecule has 8 nitrogen and oxygen atoms in total. The third kappa shape index (κ3) is 33.6. The van der Waals surface area contributed by atoms with E-state index in [4.69, 9.17) is 14.2 Å². The van der Waals surface area contributed by atoms with E-state index in [0.29, 0.717) is 19.3 Å². The lowest BCUT2D eigenvalue weighted by atomic mass is 10.1. The van der Waals surface area contributed by atoms with Gasteiger partial charge in [0.25, 0.3) is 0 Å². The summed E-state index contributed by atoms with van der Waals surface area (Å²) in [6.07, 6.45) is 37.9. The van der Waals surface area contributed by atoms with Crippen molar-refractivity contribution in [3.05, 3.63) is 24.3 Å². The molecule has 1 N–H and O–H groups in total. The summed E-state index contributed by atoms with van der Waals surface area (Å²) in [4.78, 5) is 36.8. The minimum atomic E-state index is -0.875. The van der Waals surface area contributed by atoms with Crippen LogP contribution in [0.2, 0.25) is 0 Å². The highest BCUT2D eigenvalue weighted by Crippen LogP contribution is 2.14. The van der Waals surface area contributed by atoms with Gasteiger partial charge in [-0.1, -0.05) is 147 Å². The van der Waals surface area contributed by atoms with Crippen LogP contribution in [0.25, 0.3) is 0 Å². The van der Waals surface area contributed by atoms with Crippen LogP contribution in [0.3, 0.4) is 0 Å². The van der Waals surface area contributed by atoms with Gasteiger partial charge in [0, 0.05) is 19.3 Å². The SMILES string of the molecule is CCCCC/C=C\C/C=C\CCCCCCCCCCCC(=O)OC(COCCC(C(=O)O)[N+](C)(C)C)COC(=O)CCCCCCCCCCC. The van der Waals surface area contributed by atoms with Crippen LogP contribution in [0.4, 0.5) is 0 Å². The fourth-order valence-electron chi connectivity index (χ4n) is 6.24. The van der Waals surface area contributed by atoms with Crippen LogP contribution in [0.5, 0.6) is 0 Å². The molecule has 0 aliphatic heterocycles. The molecule has 2 unspecified atom stereocenters. The number of quaternary nitrogens is 1. The Labute approximate surface area is 320 Å². The molecule has 0 radical (unpaired) electrons. The molecular weight excluding hydrogens is 654 g/mol. The lowest BCUT2D eigenvalue weighted by molar-refractivity contribution is -0.887. The standard InChI is InChI=1S/C44H81NO7/c1-6-8-10-12-14-16-17-18-19-20-21-22-23-24-25-27-29-31-33-35-43(47)52-40(38-50-37-36-41(44(48)49)45(3,4)5)39-51-42(46)34-32-30-28-26-15-13-11-9-7-2/h14,16,18-19,40-41H,6-13,15,17,20-39H2,1-5H3/p+1/b16-14-,19-18-. The summed E-state index contributed by atoms with van der Waals surface area (Å²) in [5, 5.41) is 9.59. The van der Waals surface area contributed by atoms with E-state index in [1.807, 2.05) is 21.1 Å². The average molecular weight is 737 g/mol. The summed E-state index contributed by atoms with van der Waals surface area (Å²) in [7, 11) is 5.52. The van der Waals surface area contributed by atoms with Crippen molar-refractivity contribution in [1.29, 1.82) is 0 Å². The molecule has 0 saturated carbocycles. The van der Waals surface area contributed by atoms with Gasteiger partial charge in [-0.15, -0.1) is 0 Å². The van der Waals surface area contributed by atoms with Gasteiger partial charge in [0.05, 0.1) is 34.4 Å². The van der Waals surface area contributed by atoms with Crippen molar-refractivity contribution in [2.45, 2.75) is 199 Å². The van der Waals surface area contributed by atoms with Crippen LogP contribution in [-0.2, 0) is 28.6 Å². The summed E-state index contributed by atoms with van der Waals surface area (Å²) in [5.74, 6) is -1.47. The fourth-order valence-corrected chi connectivity index (χ4v) is 6.24. The van der Waals surface area contributed by atoms with Crippen LogP contribution < -0.4 is 0 Å². The predicted molar refractivity (Wildman–Crippen MR) is 215 cm³/mol.